The van der Waals surface area contributed by atoms with Gasteiger partial charge in [-0.3, -0.25) is 4.79 Å². The molecule has 5 heteroatoms. The third-order valence-corrected chi connectivity index (χ3v) is 5.33. The second kappa shape index (κ2) is 7.81. The predicted molar refractivity (Wildman–Crippen MR) is 103 cm³/mol. The number of hydrogen-bond donors (Lipinski definition) is 1. The van der Waals surface area contributed by atoms with Crippen molar-refractivity contribution in [2.75, 3.05) is 5.75 Å². The molecule has 1 aromatic heterocycles. The fourth-order valence-corrected chi connectivity index (χ4v) is 3.77. The molecule has 24 heavy (non-hydrogen) atoms. The number of halogens is 1. The van der Waals surface area contributed by atoms with Crippen LogP contribution in [-0.4, -0.2) is 16.6 Å². The van der Waals surface area contributed by atoms with Crippen LogP contribution in [0.5, 0.6) is 0 Å². The molecular weight excluding hydrogens is 384 g/mol. The molecule has 0 aliphatic carbocycles. The third-order valence-electron chi connectivity index (χ3n) is 3.67. The number of nitrogens with zero attached hydrogens (tertiary/aromatic N) is 1. The van der Waals surface area contributed by atoms with E-state index in [1.165, 1.54) is 11.8 Å². The molecule has 0 saturated carbocycles. The third kappa shape index (κ3) is 4.16. The molecule has 1 atom stereocenters. The molecule has 0 saturated heterocycles. The van der Waals surface area contributed by atoms with Crippen LogP contribution in [0.2, 0.25) is 0 Å². The summed E-state index contributed by atoms with van der Waals surface area (Å²) in [6.45, 7) is 1.98. The monoisotopic (exact) mass is 400 g/mol. The highest BCUT2D eigenvalue weighted by Gasteiger charge is 2.12. The molecule has 2 aromatic carbocycles. The molecule has 3 aromatic rings. The number of thioether (sulfide) groups is 1. The molecule has 0 aliphatic heterocycles. The SMILES string of the molecule is C[C@@H](NC(=O)CSc1ccc2ccccc2n1)c1ccccc1Br. The van der Waals surface area contributed by atoms with Gasteiger partial charge in [-0.05, 0) is 30.7 Å². The van der Waals surface area contributed by atoms with Gasteiger partial charge in [-0.2, -0.15) is 0 Å². The van der Waals surface area contributed by atoms with Gasteiger partial charge in [0.15, 0.2) is 0 Å². The molecule has 3 nitrogen and oxygen atoms in total. The minimum atomic E-state index is -0.0433. The number of benzene rings is 2. The Morgan fingerprint density at radius 1 is 1.12 bits per heavy atom. The van der Waals surface area contributed by atoms with Crippen LogP contribution >= 0.6 is 27.7 Å². The Morgan fingerprint density at radius 3 is 2.71 bits per heavy atom. The lowest BCUT2D eigenvalue weighted by Crippen LogP contribution is -2.28. The molecule has 0 bridgehead atoms. The molecule has 0 spiro atoms. The fourth-order valence-electron chi connectivity index (χ4n) is 2.45. The molecule has 0 fully saturated rings. The van der Waals surface area contributed by atoms with Crippen molar-refractivity contribution >= 4 is 44.5 Å². The predicted octanol–water partition coefficient (Wildman–Crippen LogP) is 4.97. The average molecular weight is 401 g/mol. The second-order valence-corrected chi connectivity index (χ2v) is 7.29. The highest BCUT2D eigenvalue weighted by atomic mass is 79.9. The van der Waals surface area contributed by atoms with E-state index in [4.69, 9.17) is 0 Å². The molecule has 1 amide bonds. The van der Waals surface area contributed by atoms with Gasteiger partial charge in [0.1, 0.15) is 0 Å². The number of aromatic nitrogens is 1. The van der Waals surface area contributed by atoms with Crippen LogP contribution in [0.25, 0.3) is 10.9 Å². The van der Waals surface area contributed by atoms with E-state index < -0.39 is 0 Å². The molecule has 122 valence electrons. The van der Waals surface area contributed by atoms with Crippen LogP contribution in [0, 0.1) is 0 Å². The van der Waals surface area contributed by atoms with Crippen molar-refractivity contribution in [3.05, 3.63) is 70.7 Å². The summed E-state index contributed by atoms with van der Waals surface area (Å²) in [7, 11) is 0. The summed E-state index contributed by atoms with van der Waals surface area (Å²) in [6, 6.07) is 19.8. The zero-order chi connectivity index (χ0) is 16.9. The van der Waals surface area contributed by atoms with Crippen LogP contribution in [0.4, 0.5) is 0 Å². The maximum absolute atomic E-state index is 12.2. The van der Waals surface area contributed by atoms with Gasteiger partial charge in [0.25, 0.3) is 0 Å². The lowest BCUT2D eigenvalue weighted by atomic mass is 10.1. The van der Waals surface area contributed by atoms with E-state index in [-0.39, 0.29) is 11.9 Å². The van der Waals surface area contributed by atoms with Gasteiger partial charge < -0.3 is 5.32 Å². The first kappa shape index (κ1) is 17.0. The number of carbonyl (C=O) groups excluding carboxylic acids is 1. The van der Waals surface area contributed by atoms with Gasteiger partial charge in [0.05, 0.1) is 22.3 Å². The van der Waals surface area contributed by atoms with Crippen molar-refractivity contribution < 1.29 is 4.79 Å². The van der Waals surface area contributed by atoms with Gasteiger partial charge >= 0.3 is 0 Å². The Balaban J connectivity index is 1.59. The van der Waals surface area contributed by atoms with E-state index in [2.05, 4.69) is 26.2 Å². The molecule has 0 unspecified atom stereocenters. The lowest BCUT2D eigenvalue weighted by molar-refractivity contribution is -0.119. The van der Waals surface area contributed by atoms with E-state index >= 15 is 0 Å². The first-order valence-corrected chi connectivity index (χ1v) is 9.44. The van der Waals surface area contributed by atoms with Crippen LogP contribution in [0.3, 0.4) is 0 Å². The summed E-state index contributed by atoms with van der Waals surface area (Å²) >= 11 is 4.97. The van der Waals surface area contributed by atoms with Gasteiger partial charge in [-0.1, -0.05) is 70.2 Å². The Morgan fingerprint density at radius 2 is 1.88 bits per heavy atom. The Labute approximate surface area is 154 Å². The number of amides is 1. The van der Waals surface area contributed by atoms with E-state index in [9.17, 15) is 4.79 Å². The Kier molecular flexibility index (Phi) is 5.53. The summed E-state index contributed by atoms with van der Waals surface area (Å²) in [5.74, 6) is 0.346. The molecule has 1 N–H and O–H groups in total. The number of para-hydroxylation sites is 1. The largest absolute Gasteiger partial charge is 0.349 e. The van der Waals surface area contributed by atoms with E-state index in [1.807, 2.05) is 67.6 Å². The Hall–Kier alpha value is -1.85. The number of hydrogen-bond acceptors (Lipinski definition) is 3. The number of pyridine rings is 1. The van der Waals surface area contributed by atoms with Crippen molar-refractivity contribution in [2.24, 2.45) is 0 Å². The van der Waals surface area contributed by atoms with Crippen LogP contribution < -0.4 is 5.32 Å². The van der Waals surface area contributed by atoms with Crippen molar-refractivity contribution in [1.29, 1.82) is 0 Å². The maximum Gasteiger partial charge on any atom is 0.230 e. The summed E-state index contributed by atoms with van der Waals surface area (Å²) in [6.07, 6.45) is 0. The van der Waals surface area contributed by atoms with Gasteiger partial charge in [-0.15, -0.1) is 0 Å². The van der Waals surface area contributed by atoms with Gasteiger partial charge in [0.2, 0.25) is 5.91 Å². The normalized spacial score (nSPS) is 12.1. The second-order valence-electron chi connectivity index (χ2n) is 5.44. The number of fused-ring (bicyclic) bond motifs is 1. The zero-order valence-corrected chi connectivity index (χ0v) is 15.6. The summed E-state index contributed by atoms with van der Waals surface area (Å²) < 4.78 is 1.00. The topological polar surface area (TPSA) is 42.0 Å². The standard InChI is InChI=1S/C19H17BrN2OS/c1-13(15-7-3-4-8-16(15)20)21-18(23)12-24-19-11-10-14-6-2-5-9-17(14)22-19/h2-11,13H,12H2,1H3,(H,21,23)/t13-/m1/s1. The fraction of sp³-hybridized carbons (Fsp3) is 0.158. The Bertz CT molecular complexity index is 869. The minimum Gasteiger partial charge on any atom is -0.349 e. The molecule has 0 aliphatic rings. The van der Waals surface area contributed by atoms with Crippen molar-refractivity contribution in [1.82, 2.24) is 10.3 Å². The highest BCUT2D eigenvalue weighted by molar-refractivity contribution is 9.10. The van der Waals surface area contributed by atoms with Crippen LogP contribution in [-0.2, 0) is 4.79 Å². The maximum atomic E-state index is 12.2. The molecule has 1 heterocycles. The summed E-state index contributed by atoms with van der Waals surface area (Å²) in [5.41, 5.74) is 2.02. The summed E-state index contributed by atoms with van der Waals surface area (Å²) in [5, 5.41) is 4.99. The average Bonchev–Trinajstić information content (AvgIpc) is 2.60. The van der Waals surface area contributed by atoms with Crippen molar-refractivity contribution in [3.63, 3.8) is 0 Å². The molecular formula is C19H17BrN2OS. The highest BCUT2D eigenvalue weighted by Crippen LogP contribution is 2.23. The quantitative estimate of drug-likeness (QED) is 0.614. The van der Waals surface area contributed by atoms with E-state index in [0.717, 1.165) is 26.0 Å². The smallest absolute Gasteiger partial charge is 0.230 e. The number of carbonyl (C=O) groups is 1. The van der Waals surface area contributed by atoms with Gasteiger partial charge in [0, 0.05) is 9.86 Å². The van der Waals surface area contributed by atoms with E-state index in [1.54, 1.807) is 0 Å². The molecule has 3 rings (SSSR count). The first-order chi connectivity index (χ1) is 11.6. The minimum absolute atomic E-state index is 0.00166. The number of rotatable bonds is 5. The first-order valence-electron chi connectivity index (χ1n) is 7.66. The zero-order valence-electron chi connectivity index (χ0n) is 13.2. The van der Waals surface area contributed by atoms with Crippen LogP contribution in [0.15, 0.2) is 70.2 Å². The molecule has 0 radical (unpaired) electrons. The lowest BCUT2D eigenvalue weighted by Gasteiger charge is -2.15. The van der Waals surface area contributed by atoms with Gasteiger partial charge in [-0.25, -0.2) is 4.98 Å². The van der Waals surface area contributed by atoms with Crippen molar-refractivity contribution in [2.45, 2.75) is 18.0 Å². The van der Waals surface area contributed by atoms with Crippen LogP contribution in [0.1, 0.15) is 18.5 Å². The number of nitrogens with one attached hydrogen (secondary N) is 1. The van der Waals surface area contributed by atoms with E-state index in [0.29, 0.717) is 5.75 Å². The summed E-state index contributed by atoms with van der Waals surface area (Å²) in [4.78, 5) is 16.8. The van der Waals surface area contributed by atoms with Crippen molar-refractivity contribution in [3.8, 4) is 0 Å².